The number of benzene rings is 1. The maximum Gasteiger partial charge on any atom is 0.419 e. The van der Waals surface area contributed by atoms with E-state index in [-0.39, 0.29) is 36.1 Å². The second-order valence-corrected chi connectivity index (χ2v) is 11.1. The highest BCUT2D eigenvalue weighted by Crippen LogP contribution is 2.36. The van der Waals surface area contributed by atoms with Crippen molar-refractivity contribution in [2.24, 2.45) is 0 Å². The number of hydrogen-bond donors (Lipinski definition) is 1. The summed E-state index contributed by atoms with van der Waals surface area (Å²) in [7, 11) is -3.50. The molecule has 0 unspecified atom stereocenters. The summed E-state index contributed by atoms with van der Waals surface area (Å²) in [4.78, 5) is 18.1. The highest BCUT2D eigenvalue weighted by atomic mass is 32.2. The van der Waals surface area contributed by atoms with Gasteiger partial charge in [0, 0.05) is 30.5 Å². The van der Waals surface area contributed by atoms with Crippen molar-refractivity contribution in [3.8, 4) is 0 Å². The Balaban J connectivity index is 1.69. The van der Waals surface area contributed by atoms with Gasteiger partial charge < -0.3 is 10.2 Å². The average Bonchev–Trinajstić information content (AvgIpc) is 2.73. The molecule has 0 atom stereocenters. The van der Waals surface area contributed by atoms with E-state index in [1.54, 1.807) is 26.8 Å². The van der Waals surface area contributed by atoms with Crippen molar-refractivity contribution >= 4 is 27.2 Å². The molecule has 1 aliphatic heterocycles. The largest absolute Gasteiger partial charge is 0.419 e. The van der Waals surface area contributed by atoms with Gasteiger partial charge in [0.15, 0.2) is 9.84 Å². The van der Waals surface area contributed by atoms with Gasteiger partial charge in [0.1, 0.15) is 5.82 Å². The smallest absolute Gasteiger partial charge is 0.352 e. The quantitative estimate of drug-likeness (QED) is 0.719. The number of nitrogens with one attached hydrogen (secondary N) is 1. The van der Waals surface area contributed by atoms with E-state index in [4.69, 9.17) is 0 Å². The van der Waals surface area contributed by atoms with Crippen LogP contribution in [-0.4, -0.2) is 37.1 Å². The molecule has 2 heterocycles. The molecule has 0 fully saturated rings. The lowest BCUT2D eigenvalue weighted by molar-refractivity contribution is -0.137. The Morgan fingerprint density at radius 1 is 1.09 bits per heavy atom. The van der Waals surface area contributed by atoms with Crippen LogP contribution in [0.4, 0.5) is 24.7 Å². The van der Waals surface area contributed by atoms with Crippen LogP contribution >= 0.6 is 0 Å². The van der Waals surface area contributed by atoms with Crippen LogP contribution < -0.4 is 10.2 Å². The second-order valence-electron chi connectivity index (χ2n) is 8.39. The molecule has 1 aromatic carbocycles. The van der Waals surface area contributed by atoms with Gasteiger partial charge in [0.25, 0.3) is 5.91 Å². The van der Waals surface area contributed by atoms with Gasteiger partial charge in [0.2, 0.25) is 0 Å². The van der Waals surface area contributed by atoms with E-state index in [2.05, 4.69) is 10.3 Å². The fraction of sp³-hybridized carbons (Fsp3) is 0.364. The van der Waals surface area contributed by atoms with E-state index in [9.17, 15) is 26.4 Å². The molecule has 172 valence electrons. The predicted octanol–water partition coefficient (Wildman–Crippen LogP) is 4.45. The van der Waals surface area contributed by atoms with E-state index >= 15 is 0 Å². The van der Waals surface area contributed by atoms with Crippen molar-refractivity contribution in [3.63, 3.8) is 0 Å². The van der Waals surface area contributed by atoms with Crippen molar-refractivity contribution in [2.45, 2.75) is 43.0 Å². The van der Waals surface area contributed by atoms with E-state index < -0.39 is 26.3 Å². The molecular formula is C22H24F3N3O3S. The first-order chi connectivity index (χ1) is 14.8. The molecule has 0 saturated carbocycles. The standard InChI is InChI=1S/C22H24F3N3O3S/c1-21(2,3)32(30,31)17-8-6-16(7-9-17)27-20(29)15-10-13-28(14-11-15)19-18(22(23,24)25)5-4-12-26-19/h4-10,12H,11,13-14H2,1-3H3,(H,27,29). The minimum atomic E-state index is -4.52. The van der Waals surface area contributed by atoms with Crippen molar-refractivity contribution < 1.29 is 26.4 Å². The Bertz CT molecular complexity index is 1140. The number of alkyl halides is 3. The lowest BCUT2D eigenvalue weighted by Crippen LogP contribution is -2.33. The molecule has 32 heavy (non-hydrogen) atoms. The van der Waals surface area contributed by atoms with Crippen LogP contribution in [0.25, 0.3) is 0 Å². The van der Waals surface area contributed by atoms with Gasteiger partial charge in [0.05, 0.1) is 15.2 Å². The van der Waals surface area contributed by atoms with Crippen molar-refractivity contribution in [3.05, 3.63) is 59.8 Å². The molecule has 0 aliphatic carbocycles. The fourth-order valence-electron chi connectivity index (χ4n) is 3.22. The minimum absolute atomic E-state index is 0.117. The third-order valence-corrected chi connectivity index (χ3v) is 7.63. The molecule has 1 N–H and O–H groups in total. The van der Waals surface area contributed by atoms with Gasteiger partial charge >= 0.3 is 6.18 Å². The Labute approximate surface area is 185 Å². The lowest BCUT2D eigenvalue weighted by atomic mass is 10.1. The zero-order valence-electron chi connectivity index (χ0n) is 17.9. The third kappa shape index (κ3) is 4.95. The van der Waals surface area contributed by atoms with Crippen molar-refractivity contribution in [2.75, 3.05) is 23.3 Å². The van der Waals surface area contributed by atoms with Gasteiger partial charge in [-0.15, -0.1) is 0 Å². The van der Waals surface area contributed by atoms with Gasteiger partial charge in [-0.3, -0.25) is 4.79 Å². The number of amides is 1. The zero-order valence-corrected chi connectivity index (χ0v) is 18.7. The Kier molecular flexibility index (Phi) is 6.37. The van der Waals surface area contributed by atoms with Crippen LogP contribution in [0.15, 0.2) is 59.1 Å². The first kappa shape index (κ1) is 23.8. The van der Waals surface area contributed by atoms with Crippen LogP contribution in [0.5, 0.6) is 0 Å². The number of carbonyl (C=O) groups excluding carboxylic acids is 1. The van der Waals surface area contributed by atoms with Crippen molar-refractivity contribution in [1.82, 2.24) is 4.98 Å². The summed E-state index contributed by atoms with van der Waals surface area (Å²) < 4.78 is 63.7. The summed E-state index contributed by atoms with van der Waals surface area (Å²) in [5.41, 5.74) is 0.0546. The molecule has 10 heteroatoms. The summed E-state index contributed by atoms with van der Waals surface area (Å²) >= 11 is 0. The van der Waals surface area contributed by atoms with Gasteiger partial charge in [-0.25, -0.2) is 13.4 Å². The number of aromatic nitrogens is 1. The van der Waals surface area contributed by atoms with Crippen LogP contribution in [0, 0.1) is 0 Å². The number of anilines is 2. The van der Waals surface area contributed by atoms with E-state index in [1.165, 1.54) is 41.4 Å². The predicted molar refractivity (Wildman–Crippen MR) is 116 cm³/mol. The Hall–Kier alpha value is -2.88. The van der Waals surface area contributed by atoms with Crippen LogP contribution in [0.2, 0.25) is 0 Å². The third-order valence-electron chi connectivity index (χ3n) is 5.12. The molecular weight excluding hydrogens is 443 g/mol. The van der Waals surface area contributed by atoms with E-state index in [0.717, 1.165) is 6.07 Å². The monoisotopic (exact) mass is 467 g/mol. The molecule has 1 amide bonds. The molecule has 0 saturated heterocycles. The topological polar surface area (TPSA) is 79.4 Å². The number of halogens is 3. The van der Waals surface area contributed by atoms with Crippen LogP contribution in [-0.2, 0) is 20.8 Å². The van der Waals surface area contributed by atoms with Gasteiger partial charge in [-0.2, -0.15) is 13.2 Å². The lowest BCUT2D eigenvalue weighted by Gasteiger charge is -2.29. The highest BCUT2D eigenvalue weighted by molar-refractivity contribution is 7.92. The molecule has 1 aliphatic rings. The van der Waals surface area contributed by atoms with E-state index in [1.807, 2.05) is 0 Å². The van der Waals surface area contributed by atoms with Crippen LogP contribution in [0.1, 0.15) is 32.8 Å². The van der Waals surface area contributed by atoms with Gasteiger partial charge in [-0.1, -0.05) is 6.08 Å². The summed E-state index contributed by atoms with van der Waals surface area (Å²) in [6.07, 6.45) is -1.39. The Morgan fingerprint density at radius 3 is 2.28 bits per heavy atom. The van der Waals surface area contributed by atoms with Gasteiger partial charge in [-0.05, 0) is 63.6 Å². The maximum absolute atomic E-state index is 13.2. The van der Waals surface area contributed by atoms with Crippen LogP contribution in [0.3, 0.4) is 0 Å². The summed E-state index contributed by atoms with van der Waals surface area (Å²) in [6, 6.07) is 8.12. The number of carbonyl (C=O) groups is 1. The first-order valence-corrected chi connectivity index (χ1v) is 11.4. The molecule has 0 bridgehead atoms. The summed E-state index contributed by atoms with van der Waals surface area (Å²) in [5.74, 6) is -0.542. The molecule has 0 radical (unpaired) electrons. The SMILES string of the molecule is CC(C)(C)S(=O)(=O)c1ccc(NC(=O)C2=CCN(c3ncccc3C(F)(F)F)CC2)cc1. The number of hydrogen-bond acceptors (Lipinski definition) is 5. The fourth-order valence-corrected chi connectivity index (χ4v) is 4.42. The normalized spacial score (nSPS) is 15.3. The number of nitrogens with zero attached hydrogens (tertiary/aromatic N) is 2. The minimum Gasteiger partial charge on any atom is -0.352 e. The first-order valence-electron chi connectivity index (χ1n) is 9.93. The molecule has 3 rings (SSSR count). The molecule has 1 aromatic heterocycles. The average molecular weight is 468 g/mol. The molecule has 2 aromatic rings. The summed E-state index contributed by atoms with van der Waals surface area (Å²) in [6.45, 7) is 5.16. The molecule has 6 nitrogen and oxygen atoms in total. The zero-order chi connectivity index (χ0) is 23.7. The van der Waals surface area contributed by atoms with Crippen molar-refractivity contribution in [1.29, 1.82) is 0 Å². The van der Waals surface area contributed by atoms with E-state index in [0.29, 0.717) is 11.3 Å². The summed E-state index contributed by atoms with van der Waals surface area (Å²) in [5, 5.41) is 2.70. The number of sulfone groups is 1. The Morgan fingerprint density at radius 2 is 1.75 bits per heavy atom. The second kappa shape index (κ2) is 8.57. The number of rotatable bonds is 4. The maximum atomic E-state index is 13.2. The highest BCUT2D eigenvalue weighted by Gasteiger charge is 2.36. The molecule has 0 spiro atoms. The number of pyridine rings is 1.